The average molecular weight is 325 g/mol. The van der Waals surface area contributed by atoms with Crippen LogP contribution in [0.4, 0.5) is 11.4 Å². The third-order valence-corrected chi connectivity index (χ3v) is 3.85. The Morgan fingerprint density at radius 1 is 1.43 bits per heavy atom. The number of nitro groups is 1. The lowest BCUT2D eigenvalue weighted by Gasteiger charge is -2.09. The third-order valence-electron chi connectivity index (χ3n) is 3.01. The van der Waals surface area contributed by atoms with Crippen LogP contribution < -0.4 is 5.32 Å². The van der Waals surface area contributed by atoms with E-state index in [1.165, 1.54) is 18.2 Å². The summed E-state index contributed by atoms with van der Waals surface area (Å²) in [7, 11) is 1.77. The fraction of sp³-hybridized carbons (Fsp3) is 0.154. The molecule has 0 saturated carbocycles. The summed E-state index contributed by atoms with van der Waals surface area (Å²) in [6, 6.07) is 7.72. The van der Waals surface area contributed by atoms with E-state index in [1.54, 1.807) is 17.7 Å². The van der Waals surface area contributed by atoms with Crippen molar-refractivity contribution in [3.63, 3.8) is 0 Å². The van der Waals surface area contributed by atoms with Crippen molar-refractivity contribution in [1.82, 2.24) is 4.57 Å². The van der Waals surface area contributed by atoms with Gasteiger partial charge >= 0.3 is 0 Å². The number of rotatable bonds is 4. The van der Waals surface area contributed by atoms with Gasteiger partial charge in [0.25, 0.3) is 5.69 Å². The Bertz CT molecular complexity index is 749. The highest BCUT2D eigenvalue weighted by molar-refractivity contribution is 6.41. The summed E-state index contributed by atoms with van der Waals surface area (Å²) >= 11 is 11.9. The van der Waals surface area contributed by atoms with Crippen molar-refractivity contribution < 1.29 is 4.92 Å². The van der Waals surface area contributed by atoms with Gasteiger partial charge in [-0.25, -0.2) is 0 Å². The van der Waals surface area contributed by atoms with E-state index in [1.807, 2.05) is 6.07 Å². The average Bonchev–Trinajstić information content (AvgIpc) is 2.72. The highest BCUT2D eigenvalue weighted by Crippen LogP contribution is 2.26. The van der Waals surface area contributed by atoms with Crippen LogP contribution in [0.1, 0.15) is 11.3 Å². The fourth-order valence-corrected chi connectivity index (χ4v) is 2.25. The molecule has 0 unspecified atom stereocenters. The molecule has 108 valence electrons. The maximum atomic E-state index is 10.7. The Labute approximate surface area is 130 Å². The lowest BCUT2D eigenvalue weighted by molar-refractivity contribution is -0.384. The molecule has 0 radical (unpaired) electrons. The minimum Gasteiger partial charge on any atom is -0.378 e. The van der Waals surface area contributed by atoms with Crippen LogP contribution >= 0.6 is 23.2 Å². The maximum absolute atomic E-state index is 10.7. The molecule has 0 saturated heterocycles. The molecule has 2 aromatic rings. The number of nitro benzene ring substituents is 1. The third kappa shape index (κ3) is 3.10. The van der Waals surface area contributed by atoms with Gasteiger partial charge in [-0.05, 0) is 12.1 Å². The molecule has 2 rings (SSSR count). The number of aromatic nitrogens is 1. The molecule has 1 heterocycles. The molecule has 8 heteroatoms. The van der Waals surface area contributed by atoms with Gasteiger partial charge in [-0.15, -0.1) is 0 Å². The fourth-order valence-electron chi connectivity index (χ4n) is 1.84. The molecule has 1 aromatic carbocycles. The summed E-state index contributed by atoms with van der Waals surface area (Å²) in [6.07, 6.45) is 0. The number of nitrogens with one attached hydrogen (secondary N) is 1. The van der Waals surface area contributed by atoms with Gasteiger partial charge in [-0.2, -0.15) is 5.26 Å². The van der Waals surface area contributed by atoms with Crippen molar-refractivity contribution in [1.29, 1.82) is 5.26 Å². The van der Waals surface area contributed by atoms with Crippen LogP contribution in [0, 0.1) is 21.4 Å². The van der Waals surface area contributed by atoms with Crippen molar-refractivity contribution in [2.24, 2.45) is 7.05 Å². The Kier molecular flexibility index (Phi) is 4.36. The predicted molar refractivity (Wildman–Crippen MR) is 80.6 cm³/mol. The number of nitrogens with zero attached hydrogens (tertiary/aromatic N) is 3. The Balaban J connectivity index is 2.22. The second kappa shape index (κ2) is 6.04. The van der Waals surface area contributed by atoms with Gasteiger partial charge < -0.3 is 9.88 Å². The van der Waals surface area contributed by atoms with Crippen LogP contribution in [0.3, 0.4) is 0 Å². The Morgan fingerprint density at radius 3 is 2.67 bits per heavy atom. The first-order valence-electron chi connectivity index (χ1n) is 5.86. The molecular formula is C13H10Cl2N4O2. The highest BCUT2D eigenvalue weighted by Gasteiger charge is 2.12. The molecule has 0 aliphatic heterocycles. The minimum atomic E-state index is -0.540. The Morgan fingerprint density at radius 2 is 2.14 bits per heavy atom. The van der Waals surface area contributed by atoms with E-state index in [2.05, 4.69) is 5.32 Å². The number of halogens is 2. The first kappa shape index (κ1) is 15.2. The van der Waals surface area contributed by atoms with Crippen LogP contribution in [0.2, 0.25) is 10.2 Å². The summed E-state index contributed by atoms with van der Waals surface area (Å²) in [5.74, 6) is 0. The summed E-state index contributed by atoms with van der Waals surface area (Å²) in [5.41, 5.74) is 1.42. The number of benzene rings is 1. The summed E-state index contributed by atoms with van der Waals surface area (Å²) in [6.45, 7) is 0.384. The zero-order valence-electron chi connectivity index (χ0n) is 10.9. The lowest BCUT2D eigenvalue weighted by atomic mass is 10.1. The standard InChI is InChI=1S/C13H10Cl2N4O2/c1-18-10(5-11(14)13(18)15)7-17-12-3-2-9(19(20)21)4-8(12)6-16/h2-5,17H,7H2,1H3. The number of nitriles is 1. The molecule has 0 atom stereocenters. The van der Waals surface area contributed by atoms with Crippen molar-refractivity contribution in [3.05, 3.63) is 55.8 Å². The molecule has 6 nitrogen and oxygen atoms in total. The van der Waals surface area contributed by atoms with Gasteiger partial charge in [0.05, 0.1) is 27.7 Å². The summed E-state index contributed by atoms with van der Waals surface area (Å²) in [4.78, 5) is 10.1. The van der Waals surface area contributed by atoms with E-state index in [0.29, 0.717) is 22.4 Å². The van der Waals surface area contributed by atoms with Gasteiger partial charge in [0, 0.05) is 24.9 Å². The van der Waals surface area contributed by atoms with Crippen LogP contribution in [-0.4, -0.2) is 9.49 Å². The van der Waals surface area contributed by atoms with Crippen molar-refractivity contribution in [2.75, 3.05) is 5.32 Å². The summed E-state index contributed by atoms with van der Waals surface area (Å²) in [5, 5.41) is 23.7. The van der Waals surface area contributed by atoms with Gasteiger partial charge in [-0.1, -0.05) is 23.2 Å². The van der Waals surface area contributed by atoms with Crippen molar-refractivity contribution in [3.8, 4) is 6.07 Å². The molecule has 0 spiro atoms. The quantitative estimate of drug-likeness (QED) is 0.686. The topological polar surface area (TPSA) is 83.9 Å². The van der Waals surface area contributed by atoms with Crippen LogP contribution in [-0.2, 0) is 13.6 Å². The van der Waals surface area contributed by atoms with E-state index >= 15 is 0 Å². The first-order valence-corrected chi connectivity index (χ1v) is 6.61. The SMILES string of the molecule is Cn1c(CNc2ccc([N+](=O)[O-])cc2C#N)cc(Cl)c1Cl. The molecule has 0 bridgehead atoms. The van der Waals surface area contributed by atoms with Crippen LogP contribution in [0.5, 0.6) is 0 Å². The van der Waals surface area contributed by atoms with E-state index in [0.717, 1.165) is 5.69 Å². The van der Waals surface area contributed by atoms with Crippen molar-refractivity contribution in [2.45, 2.75) is 6.54 Å². The number of hydrogen-bond donors (Lipinski definition) is 1. The molecule has 0 fully saturated rings. The van der Waals surface area contributed by atoms with Gasteiger partial charge in [0.2, 0.25) is 0 Å². The molecule has 1 N–H and O–H groups in total. The summed E-state index contributed by atoms with van der Waals surface area (Å²) < 4.78 is 1.72. The van der Waals surface area contributed by atoms with E-state index in [4.69, 9.17) is 28.5 Å². The van der Waals surface area contributed by atoms with E-state index in [-0.39, 0.29) is 11.3 Å². The maximum Gasteiger partial charge on any atom is 0.270 e. The minimum absolute atomic E-state index is 0.123. The monoisotopic (exact) mass is 324 g/mol. The largest absolute Gasteiger partial charge is 0.378 e. The molecule has 21 heavy (non-hydrogen) atoms. The predicted octanol–water partition coefficient (Wildman–Crippen LogP) is 3.72. The number of anilines is 1. The zero-order chi connectivity index (χ0) is 15.6. The number of hydrogen-bond acceptors (Lipinski definition) is 4. The normalized spacial score (nSPS) is 10.2. The number of non-ortho nitro benzene ring substituents is 1. The first-order chi connectivity index (χ1) is 9.93. The highest BCUT2D eigenvalue weighted by atomic mass is 35.5. The second-order valence-corrected chi connectivity index (χ2v) is 5.05. The lowest BCUT2D eigenvalue weighted by Crippen LogP contribution is -2.06. The van der Waals surface area contributed by atoms with Crippen molar-refractivity contribution >= 4 is 34.6 Å². The molecule has 0 amide bonds. The van der Waals surface area contributed by atoms with E-state index in [9.17, 15) is 10.1 Å². The van der Waals surface area contributed by atoms with Crippen LogP contribution in [0.15, 0.2) is 24.3 Å². The molecule has 0 aliphatic rings. The molecule has 1 aromatic heterocycles. The molecular weight excluding hydrogens is 315 g/mol. The molecule has 0 aliphatic carbocycles. The van der Waals surface area contributed by atoms with Gasteiger partial charge in [0.15, 0.2) is 0 Å². The van der Waals surface area contributed by atoms with Gasteiger partial charge in [-0.3, -0.25) is 10.1 Å². The zero-order valence-corrected chi connectivity index (χ0v) is 12.4. The second-order valence-electron chi connectivity index (χ2n) is 4.29. The van der Waals surface area contributed by atoms with Gasteiger partial charge in [0.1, 0.15) is 11.2 Å². The van der Waals surface area contributed by atoms with Crippen LogP contribution in [0.25, 0.3) is 0 Å². The Hall–Kier alpha value is -2.23. The smallest absolute Gasteiger partial charge is 0.270 e. The van der Waals surface area contributed by atoms with E-state index < -0.39 is 4.92 Å².